The number of hydrogen-bond acceptors (Lipinski definition) is 3. The molecule has 0 radical (unpaired) electrons. The molecule has 0 bridgehead atoms. The molecule has 1 heterocycles. The lowest BCUT2D eigenvalue weighted by Gasteiger charge is -2.32. The van der Waals surface area contributed by atoms with Gasteiger partial charge in [0, 0.05) is 31.5 Å². The second kappa shape index (κ2) is 9.25. The fraction of sp³-hybridized carbons (Fsp3) is 0.381. The van der Waals surface area contributed by atoms with E-state index in [0.29, 0.717) is 12.5 Å². The van der Waals surface area contributed by atoms with Crippen LogP contribution in [0.25, 0.3) is 0 Å². The van der Waals surface area contributed by atoms with Gasteiger partial charge >= 0.3 is 6.03 Å². The average molecular weight is 354 g/mol. The number of carbonyl (C=O) groups excluding carboxylic acids is 1. The molecule has 5 nitrogen and oxygen atoms in total. The van der Waals surface area contributed by atoms with Crippen molar-refractivity contribution in [1.82, 2.24) is 4.90 Å². The zero-order chi connectivity index (χ0) is 18.2. The van der Waals surface area contributed by atoms with Crippen LogP contribution in [0, 0.1) is 5.92 Å². The number of nitrogens with one attached hydrogen (secondary N) is 1. The summed E-state index contributed by atoms with van der Waals surface area (Å²) in [5.41, 5.74) is 1.95. The fourth-order valence-corrected chi connectivity index (χ4v) is 3.12. The number of carbonyl (C=O) groups is 1. The standard InChI is InChI=1S/C21H26N2O3/c1-25-20-9-5-8-19(14-20)22-21(24)23-12-10-18(11-13-23)16-26-15-17-6-3-2-4-7-17/h2-9,14,18H,10-13,15-16H2,1H3,(H,22,24). The predicted octanol–water partition coefficient (Wildman–Crippen LogP) is 4.16. The van der Waals surface area contributed by atoms with Crippen LogP contribution in [-0.2, 0) is 11.3 Å². The lowest BCUT2D eigenvalue weighted by atomic mass is 9.98. The maximum atomic E-state index is 12.4. The highest BCUT2D eigenvalue weighted by Gasteiger charge is 2.23. The summed E-state index contributed by atoms with van der Waals surface area (Å²) in [4.78, 5) is 14.3. The van der Waals surface area contributed by atoms with Crippen LogP contribution in [0.15, 0.2) is 54.6 Å². The summed E-state index contributed by atoms with van der Waals surface area (Å²) < 4.78 is 11.0. The number of piperidine rings is 1. The van der Waals surface area contributed by atoms with E-state index in [1.54, 1.807) is 7.11 Å². The highest BCUT2D eigenvalue weighted by Crippen LogP contribution is 2.21. The molecule has 0 aromatic heterocycles. The van der Waals surface area contributed by atoms with Crippen molar-refractivity contribution >= 4 is 11.7 Å². The molecular weight excluding hydrogens is 328 g/mol. The van der Waals surface area contributed by atoms with Crippen LogP contribution in [0.4, 0.5) is 10.5 Å². The molecule has 0 atom stereocenters. The van der Waals surface area contributed by atoms with Crippen molar-refractivity contribution in [2.24, 2.45) is 5.92 Å². The minimum Gasteiger partial charge on any atom is -0.497 e. The first-order chi connectivity index (χ1) is 12.7. The molecule has 2 amide bonds. The third kappa shape index (κ3) is 5.23. The minimum absolute atomic E-state index is 0.0538. The lowest BCUT2D eigenvalue weighted by Crippen LogP contribution is -2.41. The Morgan fingerprint density at radius 2 is 1.88 bits per heavy atom. The van der Waals surface area contributed by atoms with Crippen molar-refractivity contribution in [2.75, 3.05) is 32.1 Å². The van der Waals surface area contributed by atoms with Crippen LogP contribution in [0.2, 0.25) is 0 Å². The van der Waals surface area contributed by atoms with Gasteiger partial charge in [0.2, 0.25) is 0 Å². The molecule has 1 aliphatic rings. The van der Waals surface area contributed by atoms with Gasteiger partial charge in [-0.25, -0.2) is 4.79 Å². The van der Waals surface area contributed by atoms with Gasteiger partial charge in [-0.3, -0.25) is 0 Å². The van der Waals surface area contributed by atoms with Crippen molar-refractivity contribution < 1.29 is 14.3 Å². The summed E-state index contributed by atoms with van der Waals surface area (Å²) in [5, 5.41) is 2.94. The van der Waals surface area contributed by atoms with Crippen LogP contribution < -0.4 is 10.1 Å². The molecule has 1 saturated heterocycles. The van der Waals surface area contributed by atoms with Crippen molar-refractivity contribution in [3.05, 3.63) is 60.2 Å². The van der Waals surface area contributed by atoms with Gasteiger partial charge in [0.15, 0.2) is 0 Å². The Kier molecular flexibility index (Phi) is 6.50. The number of amides is 2. The smallest absolute Gasteiger partial charge is 0.321 e. The van der Waals surface area contributed by atoms with E-state index in [-0.39, 0.29) is 6.03 Å². The summed E-state index contributed by atoms with van der Waals surface area (Å²) >= 11 is 0. The number of ether oxygens (including phenoxy) is 2. The summed E-state index contributed by atoms with van der Waals surface area (Å²) in [6, 6.07) is 17.6. The van der Waals surface area contributed by atoms with E-state index >= 15 is 0 Å². The number of anilines is 1. The molecule has 3 rings (SSSR count). The van der Waals surface area contributed by atoms with Gasteiger partial charge in [-0.2, -0.15) is 0 Å². The van der Waals surface area contributed by atoms with Crippen LogP contribution in [0.3, 0.4) is 0 Å². The molecule has 0 aliphatic carbocycles. The van der Waals surface area contributed by atoms with Gasteiger partial charge in [0.25, 0.3) is 0 Å². The van der Waals surface area contributed by atoms with E-state index in [2.05, 4.69) is 17.4 Å². The fourth-order valence-electron chi connectivity index (χ4n) is 3.12. The van der Waals surface area contributed by atoms with Gasteiger partial charge < -0.3 is 19.7 Å². The van der Waals surface area contributed by atoms with E-state index < -0.39 is 0 Å². The van der Waals surface area contributed by atoms with Gasteiger partial charge in [0.05, 0.1) is 13.7 Å². The molecule has 2 aromatic carbocycles. The van der Waals surface area contributed by atoms with E-state index in [9.17, 15) is 4.79 Å². The van der Waals surface area contributed by atoms with Gasteiger partial charge in [-0.1, -0.05) is 36.4 Å². The SMILES string of the molecule is COc1cccc(NC(=O)N2CCC(COCc3ccccc3)CC2)c1. The number of nitrogens with zero attached hydrogens (tertiary/aromatic N) is 1. The van der Waals surface area contributed by atoms with Gasteiger partial charge in [0.1, 0.15) is 5.75 Å². The minimum atomic E-state index is -0.0538. The molecule has 1 aliphatic heterocycles. The summed E-state index contributed by atoms with van der Waals surface area (Å²) in [6.07, 6.45) is 1.95. The molecule has 2 aromatic rings. The van der Waals surface area contributed by atoms with E-state index in [1.165, 1.54) is 5.56 Å². The number of likely N-dealkylation sites (tertiary alicyclic amines) is 1. The quantitative estimate of drug-likeness (QED) is 0.847. The van der Waals surface area contributed by atoms with Crippen molar-refractivity contribution in [3.63, 3.8) is 0 Å². The highest BCUT2D eigenvalue weighted by atomic mass is 16.5. The Morgan fingerprint density at radius 3 is 2.62 bits per heavy atom. The first-order valence-corrected chi connectivity index (χ1v) is 9.06. The first-order valence-electron chi connectivity index (χ1n) is 9.06. The third-order valence-corrected chi connectivity index (χ3v) is 4.69. The monoisotopic (exact) mass is 354 g/mol. The van der Waals surface area contributed by atoms with E-state index in [1.807, 2.05) is 47.4 Å². The van der Waals surface area contributed by atoms with Crippen molar-refractivity contribution in [1.29, 1.82) is 0 Å². The average Bonchev–Trinajstić information content (AvgIpc) is 2.69. The number of rotatable bonds is 6. The molecule has 5 heteroatoms. The Labute approximate surface area is 154 Å². The van der Waals surface area contributed by atoms with Gasteiger partial charge in [-0.15, -0.1) is 0 Å². The second-order valence-electron chi connectivity index (χ2n) is 6.59. The topological polar surface area (TPSA) is 50.8 Å². The number of methoxy groups -OCH3 is 1. The normalized spacial score (nSPS) is 14.9. The Morgan fingerprint density at radius 1 is 1.12 bits per heavy atom. The maximum absolute atomic E-state index is 12.4. The van der Waals surface area contributed by atoms with Crippen molar-refractivity contribution in [2.45, 2.75) is 19.4 Å². The molecule has 0 saturated carbocycles. The third-order valence-electron chi connectivity index (χ3n) is 4.69. The zero-order valence-electron chi connectivity index (χ0n) is 15.2. The summed E-state index contributed by atoms with van der Waals surface area (Å²) in [5.74, 6) is 1.25. The second-order valence-corrected chi connectivity index (χ2v) is 6.59. The van der Waals surface area contributed by atoms with Crippen LogP contribution in [-0.4, -0.2) is 37.7 Å². The van der Waals surface area contributed by atoms with Gasteiger partial charge in [-0.05, 0) is 36.5 Å². The zero-order valence-corrected chi connectivity index (χ0v) is 15.2. The van der Waals surface area contributed by atoms with E-state index in [0.717, 1.165) is 44.0 Å². The Bertz CT molecular complexity index is 697. The number of hydrogen-bond donors (Lipinski definition) is 1. The van der Waals surface area contributed by atoms with E-state index in [4.69, 9.17) is 9.47 Å². The number of benzene rings is 2. The van der Waals surface area contributed by atoms with Crippen molar-refractivity contribution in [3.8, 4) is 5.75 Å². The molecule has 1 N–H and O–H groups in total. The molecule has 0 unspecified atom stereocenters. The summed E-state index contributed by atoms with van der Waals surface area (Å²) in [6.45, 7) is 2.92. The van der Waals surface area contributed by atoms with Crippen LogP contribution in [0.5, 0.6) is 5.75 Å². The van der Waals surface area contributed by atoms with Crippen LogP contribution >= 0.6 is 0 Å². The Hall–Kier alpha value is -2.53. The molecule has 26 heavy (non-hydrogen) atoms. The lowest BCUT2D eigenvalue weighted by molar-refractivity contribution is 0.0640. The molecule has 0 spiro atoms. The first kappa shape index (κ1) is 18.3. The summed E-state index contributed by atoms with van der Waals surface area (Å²) in [7, 11) is 1.62. The largest absolute Gasteiger partial charge is 0.497 e. The predicted molar refractivity (Wildman–Crippen MR) is 102 cm³/mol. The molecule has 1 fully saturated rings. The molecular formula is C21H26N2O3. The Balaban J connectivity index is 1.39. The highest BCUT2D eigenvalue weighted by molar-refractivity contribution is 5.89. The molecule has 138 valence electrons. The number of urea groups is 1. The maximum Gasteiger partial charge on any atom is 0.321 e. The van der Waals surface area contributed by atoms with Crippen LogP contribution in [0.1, 0.15) is 18.4 Å².